The number of likely N-dealkylation sites (tertiary alicyclic amines) is 2. The molecule has 2 unspecified atom stereocenters. The Hall–Kier alpha value is -7.13. The molecule has 4 fully saturated rings. The molecular formula is C51H51F3N12O5S. The highest BCUT2D eigenvalue weighted by Crippen LogP contribution is 2.45. The van der Waals surface area contributed by atoms with E-state index in [0.717, 1.165) is 62.3 Å². The zero-order valence-electron chi connectivity index (χ0n) is 39.5. The van der Waals surface area contributed by atoms with E-state index in [-0.39, 0.29) is 67.4 Å². The van der Waals surface area contributed by atoms with Gasteiger partial charge in [0, 0.05) is 91.1 Å². The fraction of sp³-hybridized carbons (Fsp3) is 0.412. The van der Waals surface area contributed by atoms with Crippen molar-refractivity contribution in [3.63, 3.8) is 0 Å². The van der Waals surface area contributed by atoms with E-state index < -0.39 is 48.1 Å². The van der Waals surface area contributed by atoms with Gasteiger partial charge in [-0.25, -0.2) is 27.9 Å². The van der Waals surface area contributed by atoms with Crippen LogP contribution < -0.4 is 20.4 Å². The summed E-state index contributed by atoms with van der Waals surface area (Å²) < 4.78 is 51.5. The molecule has 372 valence electrons. The number of thiazole rings is 1. The van der Waals surface area contributed by atoms with Crippen LogP contribution in [0.25, 0.3) is 22.0 Å². The highest BCUT2D eigenvalue weighted by atomic mass is 32.1. The first kappa shape index (κ1) is 46.0. The molecule has 3 aromatic heterocycles. The van der Waals surface area contributed by atoms with Crippen LogP contribution in [0, 0.1) is 11.2 Å². The van der Waals surface area contributed by atoms with Crippen molar-refractivity contribution in [2.24, 2.45) is 12.5 Å². The number of fused-ring (bicyclic) bond motifs is 3. The van der Waals surface area contributed by atoms with Gasteiger partial charge in [-0.2, -0.15) is 5.10 Å². The number of imide groups is 1. The lowest BCUT2D eigenvalue weighted by atomic mass is 9.71. The Morgan fingerprint density at radius 1 is 0.931 bits per heavy atom. The molecule has 6 aliphatic rings. The van der Waals surface area contributed by atoms with E-state index in [1.807, 2.05) is 28.8 Å². The van der Waals surface area contributed by atoms with Gasteiger partial charge in [0.1, 0.15) is 5.82 Å². The molecule has 0 radical (unpaired) electrons. The number of piperidine rings is 2. The van der Waals surface area contributed by atoms with Crippen molar-refractivity contribution in [3.05, 3.63) is 106 Å². The van der Waals surface area contributed by atoms with Gasteiger partial charge >= 0.3 is 6.03 Å². The maximum atomic E-state index is 16.0. The average Bonchev–Trinajstić information content (AvgIpc) is 4.21. The molecule has 6 amide bonds. The van der Waals surface area contributed by atoms with E-state index in [4.69, 9.17) is 0 Å². The number of hydrogen-bond acceptors (Lipinski definition) is 11. The largest absolute Gasteiger partial charge is 0.370 e. The number of benzene rings is 3. The number of nitrogens with one attached hydrogen (secondary N) is 2. The molecular weight excluding hydrogens is 950 g/mol. The second kappa shape index (κ2) is 17.6. The number of carbonyl (C=O) groups is 5. The van der Waals surface area contributed by atoms with E-state index in [0.29, 0.717) is 51.8 Å². The predicted octanol–water partition coefficient (Wildman–Crippen LogP) is 6.31. The second-order valence-corrected chi connectivity index (χ2v) is 21.0. The minimum atomic E-state index is -3.16. The van der Waals surface area contributed by atoms with Crippen molar-refractivity contribution < 1.29 is 37.1 Å². The number of rotatable bonds is 10. The van der Waals surface area contributed by atoms with Crippen LogP contribution in [0.4, 0.5) is 34.6 Å². The lowest BCUT2D eigenvalue weighted by Crippen LogP contribution is -2.61. The van der Waals surface area contributed by atoms with E-state index in [9.17, 15) is 24.0 Å². The monoisotopic (exact) mass is 1000 g/mol. The molecule has 0 bridgehead atoms. The fourth-order valence-electron chi connectivity index (χ4n) is 11.8. The number of alkyl halides is 2. The zero-order chi connectivity index (χ0) is 49.6. The van der Waals surface area contributed by atoms with E-state index >= 15 is 13.2 Å². The topological polar surface area (TPSA) is 174 Å². The third kappa shape index (κ3) is 8.05. The van der Waals surface area contributed by atoms with Crippen LogP contribution in [-0.4, -0.2) is 127 Å². The van der Waals surface area contributed by atoms with Crippen LogP contribution in [0.5, 0.6) is 0 Å². The number of halogens is 3. The molecule has 1 spiro atoms. The molecule has 0 saturated carbocycles. The Kier molecular flexibility index (Phi) is 11.2. The first-order valence-corrected chi connectivity index (χ1v) is 25.3. The highest BCUT2D eigenvalue weighted by Gasteiger charge is 2.49. The van der Waals surface area contributed by atoms with Crippen LogP contribution in [-0.2, 0) is 40.9 Å². The number of aromatic nitrogens is 5. The molecule has 72 heavy (non-hydrogen) atoms. The van der Waals surface area contributed by atoms with Gasteiger partial charge in [0.25, 0.3) is 17.7 Å². The van der Waals surface area contributed by atoms with E-state index in [1.165, 1.54) is 32.1 Å². The normalized spacial score (nSPS) is 21.0. The Morgan fingerprint density at radius 2 is 1.74 bits per heavy atom. The van der Waals surface area contributed by atoms with Crippen LogP contribution in [0.1, 0.15) is 76.9 Å². The summed E-state index contributed by atoms with van der Waals surface area (Å²) in [4.78, 5) is 83.0. The SMILES string of the molecule is Cn1nc(N2CCC(=O)NC2=O)c2ccc(C3CCN(C(=O)CN4CCC5(CC4)CN(c4ccc(-c6cc(F)c7c(c6)C(=O)N(C(C(=O)Nc6nccs6)c6ncn8c6CCC8)C7)cc4)C5)CC3(F)F)cc21. The number of aryl methyl sites for hydroxylation is 2. The molecule has 6 aliphatic heterocycles. The van der Waals surface area contributed by atoms with Gasteiger partial charge in [-0.05, 0) is 98.3 Å². The van der Waals surface area contributed by atoms with Crippen molar-refractivity contribution in [3.8, 4) is 11.1 Å². The standard InChI is InChI=1S/C51H51F3N12O5S/c1-60-40-23-31(6-9-34(40)45(59-60)65-17-11-41(67)57-49(65)71)37-10-16-62(28-51(37,53)54)42(68)25-61-18-12-50(13-19-61)26-64(27-50)33-7-4-30(5-8-33)32-21-35-36(38(52)22-32)24-66(47(35)70)44(46(69)58-48-55-14-20-72-48)43-39-3-2-15-63(39)29-56-43/h4-9,14,20-23,29,37,44H,2-3,10-13,15-19,24-28H2,1H3,(H,55,58,69)(H,57,67,71). The van der Waals surface area contributed by atoms with Gasteiger partial charge in [0.05, 0.1) is 43.1 Å². The fourth-order valence-corrected chi connectivity index (χ4v) is 12.3. The summed E-state index contributed by atoms with van der Waals surface area (Å²) in [6.07, 6.45) is 6.90. The van der Waals surface area contributed by atoms with Crippen molar-refractivity contribution >= 4 is 68.5 Å². The minimum absolute atomic E-state index is 0.0738. The number of anilines is 3. The number of carbonyl (C=O) groups excluding carboxylic acids is 5. The number of nitrogens with zero attached hydrogens (tertiary/aromatic N) is 10. The third-order valence-electron chi connectivity index (χ3n) is 15.7. The Morgan fingerprint density at radius 3 is 2.49 bits per heavy atom. The van der Waals surface area contributed by atoms with Gasteiger partial charge < -0.3 is 19.3 Å². The predicted molar refractivity (Wildman–Crippen MR) is 261 cm³/mol. The zero-order valence-corrected chi connectivity index (χ0v) is 40.3. The van der Waals surface area contributed by atoms with Crippen molar-refractivity contribution in [1.29, 1.82) is 0 Å². The molecule has 0 aliphatic carbocycles. The number of urea groups is 1. The smallest absolute Gasteiger partial charge is 0.329 e. The molecule has 21 heteroatoms. The van der Waals surface area contributed by atoms with Crippen molar-refractivity contribution in [1.82, 2.24) is 44.3 Å². The summed E-state index contributed by atoms with van der Waals surface area (Å²) >= 11 is 1.27. The summed E-state index contributed by atoms with van der Waals surface area (Å²) in [5.74, 6) is -5.97. The maximum Gasteiger partial charge on any atom is 0.329 e. The highest BCUT2D eigenvalue weighted by molar-refractivity contribution is 7.13. The molecule has 2 N–H and O–H groups in total. The third-order valence-corrected chi connectivity index (χ3v) is 16.4. The molecule has 2 atom stereocenters. The van der Waals surface area contributed by atoms with Gasteiger partial charge in [-0.15, -0.1) is 11.3 Å². The summed E-state index contributed by atoms with van der Waals surface area (Å²) in [7, 11) is 1.69. The maximum absolute atomic E-state index is 16.0. The Labute approximate surface area is 415 Å². The van der Waals surface area contributed by atoms with Gasteiger partial charge in [-0.1, -0.05) is 18.2 Å². The van der Waals surface area contributed by atoms with Crippen LogP contribution in [0.15, 0.2) is 72.5 Å². The minimum Gasteiger partial charge on any atom is -0.370 e. The summed E-state index contributed by atoms with van der Waals surface area (Å²) in [6.45, 7) is 3.56. The van der Waals surface area contributed by atoms with Gasteiger partial charge in [-0.3, -0.25) is 44.3 Å². The van der Waals surface area contributed by atoms with E-state index in [1.54, 1.807) is 53.9 Å². The first-order valence-electron chi connectivity index (χ1n) is 24.4. The number of imidazole rings is 1. The Balaban J connectivity index is 0.644. The van der Waals surface area contributed by atoms with Crippen molar-refractivity contribution in [2.45, 2.75) is 69.5 Å². The quantitative estimate of drug-likeness (QED) is 0.158. The van der Waals surface area contributed by atoms with Gasteiger partial charge in [0.15, 0.2) is 17.0 Å². The summed E-state index contributed by atoms with van der Waals surface area (Å²) in [5, 5.41) is 12.4. The van der Waals surface area contributed by atoms with Crippen LogP contribution in [0.3, 0.4) is 0 Å². The van der Waals surface area contributed by atoms with Gasteiger partial charge in [0.2, 0.25) is 11.8 Å². The lowest BCUT2D eigenvalue weighted by Gasteiger charge is -2.55. The Bertz CT molecular complexity index is 3180. The molecule has 17 nitrogen and oxygen atoms in total. The number of amides is 6. The summed E-state index contributed by atoms with van der Waals surface area (Å²) in [5.41, 5.74) is 5.29. The summed E-state index contributed by atoms with van der Waals surface area (Å²) in [6, 6.07) is 14.4. The molecule has 4 saturated heterocycles. The first-order chi connectivity index (χ1) is 34.7. The molecule has 3 aromatic carbocycles. The molecule has 12 rings (SSSR count). The van der Waals surface area contributed by atoms with E-state index in [2.05, 4.69) is 35.5 Å². The molecule has 9 heterocycles. The average molecular weight is 1000 g/mol. The second-order valence-electron chi connectivity index (χ2n) is 20.1. The molecule has 6 aromatic rings. The van der Waals surface area contributed by atoms with Crippen LogP contribution >= 0.6 is 11.3 Å². The van der Waals surface area contributed by atoms with Crippen molar-refractivity contribution in [2.75, 3.05) is 67.5 Å². The number of hydrogen-bond donors (Lipinski definition) is 2. The van der Waals surface area contributed by atoms with Crippen LogP contribution in [0.2, 0.25) is 0 Å². The lowest BCUT2D eigenvalue weighted by molar-refractivity contribution is -0.146.